The number of rotatable bonds is 10. The molecule has 1 N–H and O–H groups in total. The Morgan fingerprint density at radius 1 is 1.03 bits per heavy atom. The van der Waals surface area contributed by atoms with Gasteiger partial charge in [0.15, 0.2) is 0 Å². The fourth-order valence-electron chi connectivity index (χ4n) is 3.10. The fourth-order valence-corrected chi connectivity index (χ4v) is 4.42. The molecule has 0 aliphatic rings. The summed E-state index contributed by atoms with van der Waals surface area (Å²) in [6, 6.07) is 12.7. The second kappa shape index (κ2) is 11.6. The third kappa shape index (κ3) is 7.28. The number of hydrogen-bond acceptors (Lipinski definition) is 4. The highest BCUT2D eigenvalue weighted by Crippen LogP contribution is 2.20. The summed E-state index contributed by atoms with van der Waals surface area (Å²) in [4.78, 5) is 27.5. The minimum Gasteiger partial charge on any atom is -0.354 e. The number of nitrogens with one attached hydrogen (secondary N) is 1. The molecule has 0 spiro atoms. The van der Waals surface area contributed by atoms with E-state index in [0.29, 0.717) is 17.1 Å². The van der Waals surface area contributed by atoms with Crippen molar-refractivity contribution in [1.82, 2.24) is 14.5 Å². The number of likely N-dealkylation sites (N-methyl/N-ethyl adjacent to an activating group) is 1. The molecule has 0 bridgehead atoms. The molecule has 0 saturated carbocycles. The Kier molecular flexibility index (Phi) is 9.46. The van der Waals surface area contributed by atoms with Gasteiger partial charge in [-0.1, -0.05) is 61.3 Å². The van der Waals surface area contributed by atoms with Gasteiger partial charge in [-0.05, 0) is 43.5 Å². The van der Waals surface area contributed by atoms with E-state index in [1.165, 1.54) is 24.1 Å². The van der Waals surface area contributed by atoms with Crippen molar-refractivity contribution >= 4 is 33.4 Å². The molecule has 1 atom stereocenters. The van der Waals surface area contributed by atoms with Gasteiger partial charge in [-0.15, -0.1) is 0 Å². The average molecular weight is 494 g/mol. The molecule has 2 aromatic carbocycles. The molecule has 9 heteroatoms. The number of carbonyl (C=O) groups is 2. The third-order valence-corrected chi connectivity index (χ3v) is 7.42. The van der Waals surface area contributed by atoms with Crippen LogP contribution in [0.5, 0.6) is 0 Å². The highest BCUT2D eigenvalue weighted by Gasteiger charge is 2.30. The maximum atomic E-state index is 13.3. The molecule has 0 radical (unpaired) electrons. The van der Waals surface area contributed by atoms with Crippen LogP contribution in [0, 0.1) is 12.8 Å². The molecule has 7 nitrogen and oxygen atoms in total. The van der Waals surface area contributed by atoms with Crippen LogP contribution in [-0.2, 0) is 26.2 Å². The normalized spacial score (nSPS) is 12.6. The summed E-state index contributed by atoms with van der Waals surface area (Å²) in [6.07, 6.45) is 0. The number of amides is 2. The minimum absolute atomic E-state index is 0.0766. The molecule has 0 heterocycles. The number of aryl methyl sites for hydroxylation is 1. The van der Waals surface area contributed by atoms with Gasteiger partial charge in [0.2, 0.25) is 21.8 Å². The zero-order valence-electron chi connectivity index (χ0n) is 19.7. The van der Waals surface area contributed by atoms with Gasteiger partial charge in [-0.2, -0.15) is 4.31 Å². The van der Waals surface area contributed by atoms with Crippen molar-refractivity contribution in [3.8, 4) is 0 Å². The van der Waals surface area contributed by atoms with Crippen LogP contribution in [0.15, 0.2) is 53.4 Å². The Morgan fingerprint density at radius 2 is 1.64 bits per heavy atom. The summed E-state index contributed by atoms with van der Waals surface area (Å²) in [7, 11) is -2.52. The van der Waals surface area contributed by atoms with E-state index < -0.39 is 28.5 Å². The first-order chi connectivity index (χ1) is 15.4. The Morgan fingerprint density at radius 3 is 2.21 bits per heavy atom. The first kappa shape index (κ1) is 26.8. The van der Waals surface area contributed by atoms with Crippen LogP contribution < -0.4 is 5.32 Å². The van der Waals surface area contributed by atoms with Gasteiger partial charge in [0, 0.05) is 25.2 Å². The van der Waals surface area contributed by atoms with Crippen molar-refractivity contribution in [3.63, 3.8) is 0 Å². The Balaban J connectivity index is 2.27. The van der Waals surface area contributed by atoms with Crippen LogP contribution in [0.3, 0.4) is 0 Å². The van der Waals surface area contributed by atoms with E-state index in [0.717, 1.165) is 9.87 Å². The standard InChI is InChI=1S/C24H32ClN3O4S/c1-17(2)14-26-24(30)19(4)28(15-20-8-6-7-9-22(20)25)23(29)16-27(5)33(31,32)21-12-10-18(3)11-13-21/h6-13,17,19H,14-16H2,1-5H3,(H,26,30)/t19-/m1/s1. The zero-order chi connectivity index (χ0) is 24.8. The summed E-state index contributed by atoms with van der Waals surface area (Å²) in [5, 5.41) is 3.30. The summed E-state index contributed by atoms with van der Waals surface area (Å²) < 4.78 is 26.9. The largest absolute Gasteiger partial charge is 0.354 e. The second-order valence-electron chi connectivity index (χ2n) is 8.50. The highest BCUT2D eigenvalue weighted by atomic mass is 35.5. The molecule has 0 aliphatic carbocycles. The number of hydrogen-bond donors (Lipinski definition) is 1. The first-order valence-electron chi connectivity index (χ1n) is 10.8. The molecule has 2 rings (SSSR count). The number of sulfonamides is 1. The van der Waals surface area contributed by atoms with E-state index in [4.69, 9.17) is 11.6 Å². The van der Waals surface area contributed by atoms with Gasteiger partial charge in [-0.3, -0.25) is 9.59 Å². The number of nitrogens with zero attached hydrogens (tertiary/aromatic N) is 2. The number of carbonyl (C=O) groups excluding carboxylic acids is 2. The lowest BCUT2D eigenvalue weighted by molar-refractivity contribution is -0.140. The van der Waals surface area contributed by atoms with Crippen LogP contribution in [0.25, 0.3) is 0 Å². The van der Waals surface area contributed by atoms with Gasteiger partial charge in [-0.25, -0.2) is 8.42 Å². The smallest absolute Gasteiger partial charge is 0.243 e. The van der Waals surface area contributed by atoms with Crippen molar-refractivity contribution < 1.29 is 18.0 Å². The SMILES string of the molecule is Cc1ccc(S(=O)(=O)N(C)CC(=O)N(Cc2ccccc2Cl)[C@H](C)C(=O)NCC(C)C)cc1. The molecular formula is C24H32ClN3O4S. The van der Waals surface area contributed by atoms with Gasteiger partial charge in [0.05, 0.1) is 11.4 Å². The molecule has 2 amide bonds. The quantitative estimate of drug-likeness (QED) is 0.549. The maximum absolute atomic E-state index is 13.3. The lowest BCUT2D eigenvalue weighted by Crippen LogP contribution is -2.51. The maximum Gasteiger partial charge on any atom is 0.243 e. The second-order valence-corrected chi connectivity index (χ2v) is 11.0. The third-order valence-electron chi connectivity index (χ3n) is 5.24. The van der Waals surface area contributed by atoms with E-state index >= 15 is 0 Å². The Labute approximate surface area is 201 Å². The average Bonchev–Trinajstić information content (AvgIpc) is 2.76. The first-order valence-corrected chi connectivity index (χ1v) is 12.6. The van der Waals surface area contributed by atoms with Crippen molar-refractivity contribution in [2.24, 2.45) is 5.92 Å². The predicted molar refractivity (Wildman–Crippen MR) is 130 cm³/mol. The molecule has 0 unspecified atom stereocenters. The topological polar surface area (TPSA) is 86.8 Å². The fraction of sp³-hybridized carbons (Fsp3) is 0.417. The molecule has 0 aliphatic heterocycles. The van der Waals surface area contributed by atoms with Gasteiger partial charge >= 0.3 is 0 Å². The number of halogens is 1. The summed E-state index contributed by atoms with van der Waals surface area (Å²) >= 11 is 6.29. The van der Waals surface area contributed by atoms with Gasteiger partial charge in [0.25, 0.3) is 0 Å². The Bertz CT molecular complexity index is 1070. The summed E-state index contributed by atoms with van der Waals surface area (Å²) in [5.41, 5.74) is 1.60. The monoisotopic (exact) mass is 493 g/mol. The van der Waals surface area contributed by atoms with Crippen LogP contribution in [-0.4, -0.2) is 55.6 Å². The van der Waals surface area contributed by atoms with Crippen molar-refractivity contribution in [3.05, 3.63) is 64.7 Å². The van der Waals surface area contributed by atoms with E-state index in [2.05, 4.69) is 5.32 Å². The van der Waals surface area contributed by atoms with E-state index in [9.17, 15) is 18.0 Å². The summed E-state index contributed by atoms with van der Waals surface area (Å²) in [6.45, 7) is 7.57. The molecule has 0 saturated heterocycles. The Hall–Kier alpha value is -2.42. The van der Waals surface area contributed by atoms with Crippen molar-refractivity contribution in [2.75, 3.05) is 20.1 Å². The lowest BCUT2D eigenvalue weighted by atomic mass is 10.1. The minimum atomic E-state index is -3.87. The van der Waals surface area contributed by atoms with E-state index in [1.807, 2.05) is 20.8 Å². The molecule has 0 aromatic heterocycles. The zero-order valence-corrected chi connectivity index (χ0v) is 21.3. The van der Waals surface area contributed by atoms with Crippen LogP contribution in [0.2, 0.25) is 5.02 Å². The highest BCUT2D eigenvalue weighted by molar-refractivity contribution is 7.89. The number of benzene rings is 2. The molecule has 0 fully saturated rings. The van der Waals surface area contributed by atoms with Crippen LogP contribution in [0.4, 0.5) is 0 Å². The summed E-state index contributed by atoms with van der Waals surface area (Å²) in [5.74, 6) is -0.562. The molecule has 180 valence electrons. The van der Waals surface area contributed by atoms with Crippen molar-refractivity contribution in [1.29, 1.82) is 0 Å². The van der Waals surface area contributed by atoms with Crippen LogP contribution >= 0.6 is 11.6 Å². The van der Waals surface area contributed by atoms with Gasteiger partial charge in [0.1, 0.15) is 6.04 Å². The van der Waals surface area contributed by atoms with Crippen molar-refractivity contribution in [2.45, 2.75) is 45.2 Å². The molecular weight excluding hydrogens is 462 g/mol. The van der Waals surface area contributed by atoms with E-state index in [-0.39, 0.29) is 23.3 Å². The lowest BCUT2D eigenvalue weighted by Gasteiger charge is -2.30. The van der Waals surface area contributed by atoms with Crippen LogP contribution in [0.1, 0.15) is 31.9 Å². The van der Waals surface area contributed by atoms with Gasteiger partial charge < -0.3 is 10.2 Å². The predicted octanol–water partition coefficient (Wildman–Crippen LogP) is 3.46. The molecule has 33 heavy (non-hydrogen) atoms. The molecule has 2 aromatic rings. The van der Waals surface area contributed by atoms with E-state index in [1.54, 1.807) is 43.3 Å².